The summed E-state index contributed by atoms with van der Waals surface area (Å²) < 4.78 is 6.92. The fraction of sp³-hybridized carbons (Fsp3) is 0.188. The second-order valence-electron chi connectivity index (χ2n) is 4.52. The van der Waals surface area contributed by atoms with Crippen molar-refractivity contribution in [2.24, 2.45) is 0 Å². The van der Waals surface area contributed by atoms with Crippen LogP contribution in [0.5, 0.6) is 5.75 Å². The van der Waals surface area contributed by atoms with E-state index in [1.807, 2.05) is 30.3 Å². The molecule has 0 spiro atoms. The lowest BCUT2D eigenvalue weighted by Gasteiger charge is -2.07. The van der Waals surface area contributed by atoms with E-state index in [4.69, 9.17) is 4.74 Å². The average Bonchev–Trinajstić information content (AvgIpc) is 2.46. The van der Waals surface area contributed by atoms with E-state index in [0.717, 1.165) is 26.7 Å². The molecule has 21 heavy (non-hydrogen) atoms. The van der Waals surface area contributed by atoms with Gasteiger partial charge in [-0.15, -0.1) is 0 Å². The fourth-order valence-corrected chi connectivity index (χ4v) is 3.23. The number of ether oxygens (including phenoxy) is 1. The Bertz CT molecular complexity index is 624. The van der Waals surface area contributed by atoms with Crippen molar-refractivity contribution in [3.8, 4) is 5.75 Å². The lowest BCUT2D eigenvalue weighted by Crippen LogP contribution is -2.25. The van der Waals surface area contributed by atoms with E-state index in [1.54, 1.807) is 19.2 Å². The number of carbonyl (C=O) groups is 1. The van der Waals surface area contributed by atoms with E-state index in [0.29, 0.717) is 12.1 Å². The van der Waals surface area contributed by atoms with Gasteiger partial charge in [0.25, 0.3) is 5.91 Å². The van der Waals surface area contributed by atoms with Crippen LogP contribution in [0.4, 0.5) is 0 Å². The highest BCUT2D eigenvalue weighted by Gasteiger charge is 2.07. The standard InChI is InChI=1S/C16H15Br2NO2/c1-21-15-4-2-3-11(7-15)5-6-19-16(20)12-8-13(17)10-14(18)9-12/h2-4,7-10H,5-6H2,1H3,(H,19,20). The SMILES string of the molecule is COc1cccc(CCNC(=O)c2cc(Br)cc(Br)c2)c1. The lowest BCUT2D eigenvalue weighted by atomic mass is 10.1. The first kappa shape index (κ1) is 16.0. The van der Waals surface area contributed by atoms with Crippen LogP contribution in [-0.4, -0.2) is 19.6 Å². The summed E-state index contributed by atoms with van der Waals surface area (Å²) in [5.74, 6) is 0.745. The number of nitrogens with one attached hydrogen (secondary N) is 1. The topological polar surface area (TPSA) is 38.3 Å². The quantitative estimate of drug-likeness (QED) is 0.799. The summed E-state index contributed by atoms with van der Waals surface area (Å²) in [5, 5.41) is 2.92. The first-order valence-electron chi connectivity index (χ1n) is 6.45. The molecule has 1 N–H and O–H groups in total. The van der Waals surface area contributed by atoms with Crippen LogP contribution < -0.4 is 10.1 Å². The molecule has 0 bridgehead atoms. The second kappa shape index (κ2) is 7.61. The smallest absolute Gasteiger partial charge is 0.251 e. The third-order valence-corrected chi connectivity index (χ3v) is 3.87. The van der Waals surface area contributed by atoms with Gasteiger partial charge in [-0.1, -0.05) is 44.0 Å². The largest absolute Gasteiger partial charge is 0.497 e. The van der Waals surface area contributed by atoms with Crippen LogP contribution in [0.15, 0.2) is 51.4 Å². The molecule has 0 heterocycles. The number of methoxy groups -OCH3 is 1. The van der Waals surface area contributed by atoms with E-state index >= 15 is 0 Å². The minimum atomic E-state index is -0.0834. The Morgan fingerprint density at radius 3 is 2.52 bits per heavy atom. The maximum atomic E-state index is 12.1. The third kappa shape index (κ3) is 4.86. The Labute approximate surface area is 141 Å². The summed E-state index contributed by atoms with van der Waals surface area (Å²) in [6, 6.07) is 13.3. The molecule has 2 aromatic carbocycles. The fourth-order valence-electron chi connectivity index (χ4n) is 1.94. The van der Waals surface area contributed by atoms with Crippen LogP contribution in [0.25, 0.3) is 0 Å². The van der Waals surface area contributed by atoms with Gasteiger partial charge in [-0.2, -0.15) is 0 Å². The van der Waals surface area contributed by atoms with Crippen LogP contribution in [0.1, 0.15) is 15.9 Å². The van der Waals surface area contributed by atoms with Crippen molar-refractivity contribution in [3.05, 3.63) is 62.5 Å². The summed E-state index contributed by atoms with van der Waals surface area (Å²) in [4.78, 5) is 12.1. The van der Waals surface area contributed by atoms with Gasteiger partial charge in [0.05, 0.1) is 7.11 Å². The molecule has 0 aromatic heterocycles. The van der Waals surface area contributed by atoms with Crippen LogP contribution in [-0.2, 0) is 6.42 Å². The van der Waals surface area contributed by atoms with E-state index in [2.05, 4.69) is 37.2 Å². The molecule has 0 fully saturated rings. The highest BCUT2D eigenvalue weighted by atomic mass is 79.9. The highest BCUT2D eigenvalue weighted by molar-refractivity contribution is 9.11. The van der Waals surface area contributed by atoms with Gasteiger partial charge in [0.1, 0.15) is 5.75 Å². The van der Waals surface area contributed by atoms with Crippen molar-refractivity contribution >= 4 is 37.8 Å². The van der Waals surface area contributed by atoms with Gasteiger partial charge in [0.15, 0.2) is 0 Å². The summed E-state index contributed by atoms with van der Waals surface area (Å²) in [6.45, 7) is 0.579. The molecule has 2 rings (SSSR count). The Morgan fingerprint density at radius 2 is 1.86 bits per heavy atom. The summed E-state index contributed by atoms with van der Waals surface area (Å²) in [7, 11) is 1.64. The van der Waals surface area contributed by atoms with Crippen LogP contribution in [0, 0.1) is 0 Å². The van der Waals surface area contributed by atoms with Gasteiger partial charge >= 0.3 is 0 Å². The Morgan fingerprint density at radius 1 is 1.14 bits per heavy atom. The van der Waals surface area contributed by atoms with Gasteiger partial charge < -0.3 is 10.1 Å². The number of hydrogen-bond donors (Lipinski definition) is 1. The molecule has 0 atom stereocenters. The zero-order valence-electron chi connectivity index (χ0n) is 11.5. The van der Waals surface area contributed by atoms with Crippen molar-refractivity contribution in [2.45, 2.75) is 6.42 Å². The monoisotopic (exact) mass is 411 g/mol. The zero-order valence-corrected chi connectivity index (χ0v) is 14.7. The lowest BCUT2D eigenvalue weighted by molar-refractivity contribution is 0.0954. The Balaban J connectivity index is 1.92. The first-order valence-corrected chi connectivity index (χ1v) is 8.04. The van der Waals surface area contributed by atoms with Gasteiger partial charge in [-0.05, 0) is 42.3 Å². The van der Waals surface area contributed by atoms with Crippen molar-refractivity contribution in [1.29, 1.82) is 0 Å². The van der Waals surface area contributed by atoms with E-state index in [-0.39, 0.29) is 5.91 Å². The maximum absolute atomic E-state index is 12.1. The molecule has 0 saturated heterocycles. The number of hydrogen-bond acceptors (Lipinski definition) is 2. The van der Waals surface area contributed by atoms with Gasteiger partial charge in [0.2, 0.25) is 0 Å². The first-order chi connectivity index (χ1) is 10.1. The number of benzene rings is 2. The van der Waals surface area contributed by atoms with Crippen molar-refractivity contribution < 1.29 is 9.53 Å². The molecule has 2 aromatic rings. The van der Waals surface area contributed by atoms with Gasteiger partial charge in [0, 0.05) is 21.1 Å². The normalized spacial score (nSPS) is 10.2. The Kier molecular flexibility index (Phi) is 5.82. The third-order valence-electron chi connectivity index (χ3n) is 2.96. The molecule has 0 aliphatic heterocycles. The molecule has 110 valence electrons. The van der Waals surface area contributed by atoms with Gasteiger partial charge in [-0.3, -0.25) is 4.79 Å². The summed E-state index contributed by atoms with van der Waals surface area (Å²) >= 11 is 6.76. The number of carbonyl (C=O) groups excluding carboxylic acids is 1. The summed E-state index contributed by atoms with van der Waals surface area (Å²) in [5.41, 5.74) is 1.76. The van der Waals surface area contributed by atoms with Crippen molar-refractivity contribution in [2.75, 3.05) is 13.7 Å². The number of rotatable bonds is 5. The number of halogens is 2. The van der Waals surface area contributed by atoms with Crippen LogP contribution >= 0.6 is 31.9 Å². The minimum absolute atomic E-state index is 0.0834. The molecular weight excluding hydrogens is 398 g/mol. The van der Waals surface area contributed by atoms with E-state index in [9.17, 15) is 4.79 Å². The van der Waals surface area contributed by atoms with Gasteiger partial charge in [-0.25, -0.2) is 0 Å². The van der Waals surface area contributed by atoms with E-state index < -0.39 is 0 Å². The maximum Gasteiger partial charge on any atom is 0.251 e. The molecule has 0 saturated carbocycles. The minimum Gasteiger partial charge on any atom is -0.497 e. The van der Waals surface area contributed by atoms with Crippen LogP contribution in [0.3, 0.4) is 0 Å². The van der Waals surface area contributed by atoms with Crippen molar-refractivity contribution in [3.63, 3.8) is 0 Å². The molecule has 5 heteroatoms. The molecule has 0 aliphatic rings. The summed E-state index contributed by atoms with van der Waals surface area (Å²) in [6.07, 6.45) is 0.762. The predicted molar refractivity (Wildman–Crippen MR) is 90.9 cm³/mol. The van der Waals surface area contributed by atoms with Crippen molar-refractivity contribution in [1.82, 2.24) is 5.32 Å². The zero-order chi connectivity index (χ0) is 15.2. The molecule has 3 nitrogen and oxygen atoms in total. The molecule has 0 radical (unpaired) electrons. The van der Waals surface area contributed by atoms with E-state index in [1.165, 1.54) is 0 Å². The predicted octanol–water partition coefficient (Wildman–Crippen LogP) is 4.19. The molecule has 0 aliphatic carbocycles. The second-order valence-corrected chi connectivity index (χ2v) is 6.35. The Hall–Kier alpha value is -1.33. The molecule has 0 unspecified atom stereocenters. The average molecular weight is 413 g/mol. The molecular formula is C16H15Br2NO2. The highest BCUT2D eigenvalue weighted by Crippen LogP contribution is 2.20. The molecule has 1 amide bonds. The van der Waals surface area contributed by atoms with Crippen LogP contribution in [0.2, 0.25) is 0 Å². The number of amides is 1.